The van der Waals surface area contributed by atoms with E-state index in [2.05, 4.69) is 4.98 Å². The number of benzene rings is 2. The summed E-state index contributed by atoms with van der Waals surface area (Å²) in [5.74, 6) is 0.534. The monoisotopic (exact) mass is 403 g/mol. The fourth-order valence-corrected chi connectivity index (χ4v) is 4.17. The molecular formula is C22H21N5O3. The summed E-state index contributed by atoms with van der Waals surface area (Å²) in [7, 11) is 1.62. The largest absolute Gasteiger partial charge is 0.395 e. The van der Waals surface area contributed by atoms with Gasteiger partial charge in [-0.1, -0.05) is 42.5 Å². The van der Waals surface area contributed by atoms with Gasteiger partial charge in [-0.2, -0.15) is 4.98 Å². The highest BCUT2D eigenvalue weighted by Crippen LogP contribution is 2.20. The predicted molar refractivity (Wildman–Crippen MR) is 115 cm³/mol. The Balaban J connectivity index is 1.79. The Morgan fingerprint density at radius 3 is 2.60 bits per heavy atom. The first kappa shape index (κ1) is 18.4. The van der Waals surface area contributed by atoms with Crippen molar-refractivity contribution >= 4 is 27.7 Å². The van der Waals surface area contributed by atoms with Gasteiger partial charge in [0.05, 0.1) is 13.2 Å². The molecule has 3 heterocycles. The minimum absolute atomic E-state index is 0.0430. The minimum Gasteiger partial charge on any atom is -0.395 e. The average molecular weight is 403 g/mol. The Morgan fingerprint density at radius 1 is 1.03 bits per heavy atom. The van der Waals surface area contributed by atoms with Crippen LogP contribution >= 0.6 is 0 Å². The maximum absolute atomic E-state index is 13.4. The molecule has 5 rings (SSSR count). The van der Waals surface area contributed by atoms with Crippen molar-refractivity contribution in [1.29, 1.82) is 0 Å². The van der Waals surface area contributed by atoms with Crippen LogP contribution in [0.3, 0.4) is 0 Å². The van der Waals surface area contributed by atoms with E-state index in [4.69, 9.17) is 0 Å². The second-order valence-electron chi connectivity index (χ2n) is 7.47. The van der Waals surface area contributed by atoms with Gasteiger partial charge in [0.2, 0.25) is 5.78 Å². The van der Waals surface area contributed by atoms with E-state index in [0.717, 1.165) is 22.0 Å². The molecule has 5 aromatic rings. The Kier molecular flexibility index (Phi) is 4.11. The molecule has 0 radical (unpaired) electrons. The van der Waals surface area contributed by atoms with Gasteiger partial charge in [-0.3, -0.25) is 18.3 Å². The quantitative estimate of drug-likeness (QED) is 0.494. The molecule has 30 heavy (non-hydrogen) atoms. The molecule has 0 bridgehead atoms. The van der Waals surface area contributed by atoms with Gasteiger partial charge in [0.25, 0.3) is 5.56 Å². The molecule has 0 aliphatic carbocycles. The molecule has 3 aromatic heterocycles. The third-order valence-corrected chi connectivity index (χ3v) is 5.67. The minimum atomic E-state index is -0.411. The lowest BCUT2D eigenvalue weighted by Crippen LogP contribution is -2.39. The lowest BCUT2D eigenvalue weighted by Gasteiger charge is -2.10. The molecule has 0 fully saturated rings. The number of hydrogen-bond donors (Lipinski definition) is 1. The van der Waals surface area contributed by atoms with E-state index in [-0.39, 0.29) is 18.7 Å². The van der Waals surface area contributed by atoms with Crippen LogP contribution in [0.25, 0.3) is 27.7 Å². The zero-order valence-electron chi connectivity index (χ0n) is 16.7. The highest BCUT2D eigenvalue weighted by Gasteiger charge is 2.20. The Morgan fingerprint density at radius 2 is 1.80 bits per heavy atom. The van der Waals surface area contributed by atoms with E-state index >= 15 is 0 Å². The third kappa shape index (κ3) is 2.54. The number of aromatic nitrogens is 5. The molecule has 152 valence electrons. The van der Waals surface area contributed by atoms with Crippen LogP contribution in [0.5, 0.6) is 0 Å². The molecule has 8 heteroatoms. The second-order valence-corrected chi connectivity index (χ2v) is 7.47. The molecule has 8 nitrogen and oxygen atoms in total. The van der Waals surface area contributed by atoms with Crippen LogP contribution in [0.15, 0.2) is 58.3 Å². The summed E-state index contributed by atoms with van der Waals surface area (Å²) < 4.78 is 6.21. The summed E-state index contributed by atoms with van der Waals surface area (Å²) in [6, 6.07) is 13.8. The highest BCUT2D eigenvalue weighted by molar-refractivity contribution is 5.85. The van der Waals surface area contributed by atoms with Crippen molar-refractivity contribution in [3.8, 4) is 0 Å². The molecule has 2 aromatic carbocycles. The van der Waals surface area contributed by atoms with Crippen molar-refractivity contribution in [1.82, 2.24) is 23.1 Å². The summed E-state index contributed by atoms with van der Waals surface area (Å²) in [6.45, 7) is 2.39. The van der Waals surface area contributed by atoms with Gasteiger partial charge in [-0.15, -0.1) is 0 Å². The Labute approximate surface area is 170 Å². The van der Waals surface area contributed by atoms with Crippen LogP contribution in [0, 0.1) is 6.92 Å². The topological polar surface area (TPSA) is 86.5 Å². The van der Waals surface area contributed by atoms with Crippen LogP contribution in [0.1, 0.15) is 11.3 Å². The van der Waals surface area contributed by atoms with Crippen LogP contribution in [0.2, 0.25) is 0 Å². The SMILES string of the molecule is Cc1cn2c3c(=O)n(Cc4cccc5ccccc45)c(=O)n(C)c3nc2n1CCO. The van der Waals surface area contributed by atoms with E-state index in [0.29, 0.717) is 23.5 Å². The van der Waals surface area contributed by atoms with Crippen molar-refractivity contribution in [3.63, 3.8) is 0 Å². The van der Waals surface area contributed by atoms with Crippen molar-refractivity contribution in [2.24, 2.45) is 7.05 Å². The number of fused-ring (bicyclic) bond motifs is 4. The van der Waals surface area contributed by atoms with E-state index in [1.54, 1.807) is 11.4 Å². The van der Waals surface area contributed by atoms with Gasteiger partial charge in [-0.25, -0.2) is 4.79 Å². The van der Waals surface area contributed by atoms with Gasteiger partial charge in [0.15, 0.2) is 11.2 Å². The van der Waals surface area contributed by atoms with Gasteiger partial charge in [-0.05, 0) is 23.3 Å². The number of nitrogens with zero attached hydrogens (tertiary/aromatic N) is 5. The summed E-state index contributed by atoms with van der Waals surface area (Å²) in [5.41, 5.74) is 1.68. The number of aliphatic hydroxyl groups is 1. The molecule has 0 aliphatic heterocycles. The van der Waals surface area contributed by atoms with E-state index in [1.807, 2.05) is 60.2 Å². The van der Waals surface area contributed by atoms with Gasteiger partial charge < -0.3 is 9.67 Å². The highest BCUT2D eigenvalue weighted by atomic mass is 16.3. The maximum Gasteiger partial charge on any atom is 0.332 e. The third-order valence-electron chi connectivity index (χ3n) is 5.67. The van der Waals surface area contributed by atoms with Crippen LogP contribution in [-0.2, 0) is 20.1 Å². The number of imidazole rings is 2. The smallest absolute Gasteiger partial charge is 0.332 e. The number of aliphatic hydroxyl groups excluding tert-OH is 1. The van der Waals surface area contributed by atoms with Crippen LogP contribution in [0.4, 0.5) is 0 Å². The average Bonchev–Trinajstić information content (AvgIpc) is 3.26. The molecule has 1 N–H and O–H groups in total. The van der Waals surface area contributed by atoms with E-state index in [9.17, 15) is 14.7 Å². The van der Waals surface area contributed by atoms with Crippen molar-refractivity contribution in [2.45, 2.75) is 20.0 Å². The summed E-state index contributed by atoms with van der Waals surface area (Å²) in [6.07, 6.45) is 1.81. The molecule has 0 unspecified atom stereocenters. The Hall–Kier alpha value is -3.65. The fourth-order valence-electron chi connectivity index (χ4n) is 4.17. The zero-order valence-corrected chi connectivity index (χ0v) is 16.7. The van der Waals surface area contributed by atoms with Crippen LogP contribution < -0.4 is 11.2 Å². The molecule has 0 spiro atoms. The zero-order chi connectivity index (χ0) is 21.0. The van der Waals surface area contributed by atoms with Crippen molar-refractivity contribution in [2.75, 3.05) is 6.61 Å². The number of aryl methyl sites for hydroxylation is 2. The summed E-state index contributed by atoms with van der Waals surface area (Å²) >= 11 is 0. The van der Waals surface area contributed by atoms with Crippen LogP contribution in [-0.4, -0.2) is 34.8 Å². The fraction of sp³-hybridized carbons (Fsp3) is 0.227. The standard InChI is InChI=1S/C22H21N5O3/c1-14-12-26-18-19(23-21(26)25(14)10-11-28)24(2)22(30)27(20(18)29)13-16-8-5-7-15-6-3-4-9-17(15)16/h3-9,12,28H,10-11,13H2,1-2H3. The first-order valence-electron chi connectivity index (χ1n) is 9.76. The molecule has 0 saturated heterocycles. The molecule has 0 saturated carbocycles. The Bertz CT molecular complexity index is 1550. The molecule has 0 atom stereocenters. The van der Waals surface area contributed by atoms with E-state index < -0.39 is 5.69 Å². The van der Waals surface area contributed by atoms with Crippen molar-refractivity contribution < 1.29 is 5.11 Å². The normalized spacial score (nSPS) is 11.8. The molecule has 0 amide bonds. The van der Waals surface area contributed by atoms with Gasteiger partial charge >= 0.3 is 5.69 Å². The summed E-state index contributed by atoms with van der Waals surface area (Å²) in [4.78, 5) is 31.0. The van der Waals surface area contributed by atoms with E-state index in [1.165, 1.54) is 9.13 Å². The molecular weight excluding hydrogens is 382 g/mol. The van der Waals surface area contributed by atoms with Gasteiger partial charge in [0, 0.05) is 25.5 Å². The molecule has 0 aliphatic rings. The lowest BCUT2D eigenvalue weighted by atomic mass is 10.0. The van der Waals surface area contributed by atoms with Gasteiger partial charge in [0.1, 0.15) is 0 Å². The van der Waals surface area contributed by atoms with Crippen molar-refractivity contribution in [3.05, 3.63) is 80.8 Å². The number of hydrogen-bond acceptors (Lipinski definition) is 4. The second kappa shape index (κ2) is 6.70. The maximum atomic E-state index is 13.4. The number of rotatable bonds is 4. The first-order chi connectivity index (χ1) is 14.5. The summed E-state index contributed by atoms with van der Waals surface area (Å²) in [5, 5.41) is 11.4. The predicted octanol–water partition coefficient (Wildman–Crippen LogP) is 1.65. The first-order valence-corrected chi connectivity index (χ1v) is 9.76. The lowest BCUT2D eigenvalue weighted by molar-refractivity contribution is 0.276.